The van der Waals surface area contributed by atoms with Crippen LogP contribution in [0.5, 0.6) is 0 Å². The number of esters is 1. The van der Waals surface area contributed by atoms with E-state index in [4.69, 9.17) is 0 Å². The number of carbonyl (C=O) groups is 1. The Bertz CT molecular complexity index is 340. The van der Waals surface area contributed by atoms with Crippen LogP contribution in [0.3, 0.4) is 0 Å². The minimum atomic E-state index is -0.521. The molecule has 2 N–H and O–H groups in total. The SMILES string of the molecule is CCC(O)CNc1cnc(C(=O)OC)cn1. The summed E-state index contributed by atoms with van der Waals surface area (Å²) in [4.78, 5) is 18.9. The van der Waals surface area contributed by atoms with E-state index in [1.54, 1.807) is 0 Å². The zero-order valence-electron chi connectivity index (χ0n) is 9.30. The van der Waals surface area contributed by atoms with Crippen molar-refractivity contribution >= 4 is 11.8 Å². The number of anilines is 1. The Morgan fingerprint density at radius 2 is 2.31 bits per heavy atom. The van der Waals surface area contributed by atoms with E-state index in [0.717, 1.165) is 0 Å². The lowest BCUT2D eigenvalue weighted by molar-refractivity contribution is 0.0593. The predicted molar refractivity (Wildman–Crippen MR) is 58.2 cm³/mol. The van der Waals surface area contributed by atoms with Crippen LogP contribution in [0.25, 0.3) is 0 Å². The molecule has 0 fully saturated rings. The van der Waals surface area contributed by atoms with Gasteiger partial charge in [0.1, 0.15) is 5.82 Å². The number of aliphatic hydroxyl groups excluding tert-OH is 1. The Balaban J connectivity index is 2.54. The molecule has 1 aromatic rings. The summed E-state index contributed by atoms with van der Waals surface area (Å²) in [6.07, 6.45) is 3.00. The van der Waals surface area contributed by atoms with Gasteiger partial charge in [0, 0.05) is 6.54 Å². The van der Waals surface area contributed by atoms with Crippen LogP contribution in [0.1, 0.15) is 23.8 Å². The molecule has 6 heteroatoms. The van der Waals surface area contributed by atoms with Crippen LogP contribution < -0.4 is 5.32 Å². The van der Waals surface area contributed by atoms with Crippen LogP contribution in [0, 0.1) is 0 Å². The highest BCUT2D eigenvalue weighted by atomic mass is 16.5. The van der Waals surface area contributed by atoms with Gasteiger partial charge in [0.25, 0.3) is 0 Å². The van der Waals surface area contributed by atoms with E-state index in [0.29, 0.717) is 18.8 Å². The molecule has 0 aromatic carbocycles. The average Bonchev–Trinajstić information content (AvgIpc) is 2.35. The summed E-state index contributed by atoms with van der Waals surface area (Å²) >= 11 is 0. The molecule has 0 aliphatic carbocycles. The van der Waals surface area contributed by atoms with E-state index in [1.807, 2.05) is 6.92 Å². The molecular formula is C10H15N3O3. The number of ether oxygens (including phenoxy) is 1. The van der Waals surface area contributed by atoms with E-state index < -0.39 is 12.1 Å². The van der Waals surface area contributed by atoms with Gasteiger partial charge >= 0.3 is 5.97 Å². The van der Waals surface area contributed by atoms with Gasteiger partial charge in [-0.2, -0.15) is 0 Å². The van der Waals surface area contributed by atoms with E-state index >= 15 is 0 Å². The summed E-state index contributed by atoms with van der Waals surface area (Å²) in [5, 5.41) is 12.2. The number of hydrogen-bond donors (Lipinski definition) is 2. The lowest BCUT2D eigenvalue weighted by Crippen LogP contribution is -2.19. The van der Waals surface area contributed by atoms with Crippen molar-refractivity contribution in [3.8, 4) is 0 Å². The molecule has 0 radical (unpaired) electrons. The Kier molecular flexibility index (Phi) is 4.65. The molecule has 0 bridgehead atoms. The normalized spacial score (nSPS) is 11.9. The first-order valence-electron chi connectivity index (χ1n) is 4.99. The highest BCUT2D eigenvalue weighted by molar-refractivity contribution is 5.86. The second-order valence-electron chi connectivity index (χ2n) is 3.22. The highest BCUT2D eigenvalue weighted by Gasteiger charge is 2.07. The fourth-order valence-electron chi connectivity index (χ4n) is 0.996. The molecular weight excluding hydrogens is 210 g/mol. The minimum Gasteiger partial charge on any atom is -0.464 e. The largest absolute Gasteiger partial charge is 0.464 e. The summed E-state index contributed by atoms with van der Waals surface area (Å²) < 4.78 is 4.49. The Morgan fingerprint density at radius 3 is 2.81 bits per heavy atom. The van der Waals surface area contributed by atoms with Crippen molar-refractivity contribution in [2.75, 3.05) is 19.0 Å². The summed E-state index contributed by atoms with van der Waals surface area (Å²) in [5.41, 5.74) is 0.157. The Labute approximate surface area is 93.7 Å². The van der Waals surface area contributed by atoms with E-state index in [1.165, 1.54) is 19.5 Å². The molecule has 0 amide bonds. The number of nitrogens with zero attached hydrogens (tertiary/aromatic N) is 2. The number of aliphatic hydroxyl groups is 1. The predicted octanol–water partition coefficient (Wildman–Crippen LogP) is 0.446. The van der Waals surface area contributed by atoms with Gasteiger partial charge in [0.05, 0.1) is 25.6 Å². The van der Waals surface area contributed by atoms with Gasteiger partial charge in [-0.15, -0.1) is 0 Å². The molecule has 1 aromatic heterocycles. The summed E-state index contributed by atoms with van der Waals surface area (Å²) in [6.45, 7) is 2.29. The zero-order chi connectivity index (χ0) is 12.0. The van der Waals surface area contributed by atoms with Gasteiger partial charge in [-0.05, 0) is 6.42 Å². The molecule has 6 nitrogen and oxygen atoms in total. The van der Waals surface area contributed by atoms with Gasteiger partial charge in [0.2, 0.25) is 0 Å². The first kappa shape index (κ1) is 12.4. The summed E-state index contributed by atoms with van der Waals surface area (Å²) in [6, 6.07) is 0. The quantitative estimate of drug-likeness (QED) is 0.708. The van der Waals surface area contributed by atoms with Crippen LogP contribution in [-0.2, 0) is 4.74 Å². The van der Waals surface area contributed by atoms with Gasteiger partial charge in [-0.25, -0.2) is 14.8 Å². The zero-order valence-corrected chi connectivity index (χ0v) is 9.30. The molecule has 0 aliphatic rings. The molecule has 0 spiro atoms. The van der Waals surface area contributed by atoms with Gasteiger partial charge in [0.15, 0.2) is 5.69 Å². The number of rotatable bonds is 5. The van der Waals surface area contributed by atoms with E-state index in [2.05, 4.69) is 20.0 Å². The average molecular weight is 225 g/mol. The van der Waals surface area contributed by atoms with Crippen LogP contribution in [0.15, 0.2) is 12.4 Å². The van der Waals surface area contributed by atoms with Crippen LogP contribution in [-0.4, -0.2) is 40.8 Å². The molecule has 0 saturated heterocycles. The van der Waals surface area contributed by atoms with E-state index in [-0.39, 0.29) is 5.69 Å². The molecule has 1 heterocycles. The Hall–Kier alpha value is -1.69. The van der Waals surface area contributed by atoms with Crippen molar-refractivity contribution in [1.82, 2.24) is 9.97 Å². The van der Waals surface area contributed by atoms with Crippen molar-refractivity contribution in [2.45, 2.75) is 19.4 Å². The van der Waals surface area contributed by atoms with Gasteiger partial charge in [-0.3, -0.25) is 0 Å². The van der Waals surface area contributed by atoms with Crippen molar-refractivity contribution in [1.29, 1.82) is 0 Å². The standard InChI is InChI=1S/C10H15N3O3/c1-3-7(14)4-12-9-6-11-8(5-13-9)10(15)16-2/h5-7,14H,3-4H2,1-2H3,(H,12,13). The highest BCUT2D eigenvalue weighted by Crippen LogP contribution is 2.02. The molecule has 1 atom stereocenters. The first-order valence-corrected chi connectivity index (χ1v) is 4.99. The molecule has 1 unspecified atom stereocenters. The minimum absolute atomic E-state index is 0.157. The maximum atomic E-state index is 11.1. The maximum absolute atomic E-state index is 11.1. The smallest absolute Gasteiger partial charge is 0.358 e. The van der Waals surface area contributed by atoms with Crippen LogP contribution in [0.2, 0.25) is 0 Å². The third-order valence-corrected chi connectivity index (χ3v) is 2.04. The fraction of sp³-hybridized carbons (Fsp3) is 0.500. The molecule has 16 heavy (non-hydrogen) atoms. The third-order valence-electron chi connectivity index (χ3n) is 2.04. The number of hydrogen-bond acceptors (Lipinski definition) is 6. The van der Waals surface area contributed by atoms with Gasteiger partial charge < -0.3 is 15.2 Å². The maximum Gasteiger partial charge on any atom is 0.358 e. The monoisotopic (exact) mass is 225 g/mol. The third kappa shape index (κ3) is 3.47. The van der Waals surface area contributed by atoms with Crippen molar-refractivity contribution < 1.29 is 14.6 Å². The van der Waals surface area contributed by atoms with E-state index in [9.17, 15) is 9.90 Å². The molecule has 0 saturated carbocycles. The lowest BCUT2D eigenvalue weighted by Gasteiger charge is -2.09. The second kappa shape index (κ2) is 6.02. The fourth-order valence-corrected chi connectivity index (χ4v) is 0.996. The van der Waals surface area contributed by atoms with Crippen LogP contribution >= 0.6 is 0 Å². The molecule has 88 valence electrons. The number of nitrogens with one attached hydrogen (secondary N) is 1. The molecule has 0 aliphatic heterocycles. The van der Waals surface area contributed by atoms with Crippen molar-refractivity contribution in [3.05, 3.63) is 18.1 Å². The van der Waals surface area contributed by atoms with Crippen molar-refractivity contribution in [3.63, 3.8) is 0 Å². The first-order chi connectivity index (χ1) is 7.67. The Morgan fingerprint density at radius 1 is 1.56 bits per heavy atom. The number of carbonyl (C=O) groups excluding carboxylic acids is 1. The lowest BCUT2D eigenvalue weighted by atomic mass is 10.3. The van der Waals surface area contributed by atoms with Gasteiger partial charge in [-0.1, -0.05) is 6.92 Å². The summed E-state index contributed by atoms with van der Waals surface area (Å²) in [5.74, 6) is -0.00667. The summed E-state index contributed by atoms with van der Waals surface area (Å²) in [7, 11) is 1.29. The molecule has 1 rings (SSSR count). The number of methoxy groups -OCH3 is 1. The van der Waals surface area contributed by atoms with Crippen molar-refractivity contribution in [2.24, 2.45) is 0 Å². The number of aromatic nitrogens is 2. The topological polar surface area (TPSA) is 84.3 Å². The van der Waals surface area contributed by atoms with Crippen LogP contribution in [0.4, 0.5) is 5.82 Å². The second-order valence-corrected chi connectivity index (χ2v) is 3.22.